The molecule has 1 aromatic rings. The van der Waals surface area contributed by atoms with E-state index in [2.05, 4.69) is 22.3 Å². The first-order valence-electron chi connectivity index (χ1n) is 6.85. The van der Waals surface area contributed by atoms with Crippen molar-refractivity contribution < 1.29 is 9.90 Å². The number of hydrogen-bond donors (Lipinski definition) is 2. The minimum absolute atomic E-state index is 0.0635. The summed E-state index contributed by atoms with van der Waals surface area (Å²) in [5, 5.41) is 12.3. The van der Waals surface area contributed by atoms with Crippen LogP contribution in [0.4, 0.5) is 0 Å². The molecule has 1 aliphatic rings. The van der Waals surface area contributed by atoms with Crippen molar-refractivity contribution in [1.29, 1.82) is 0 Å². The van der Waals surface area contributed by atoms with Gasteiger partial charge in [-0.25, -0.2) is 0 Å². The zero-order chi connectivity index (χ0) is 13.7. The molecule has 0 aliphatic carbocycles. The average Bonchev–Trinajstić information content (AvgIpc) is 2.84. The molecule has 1 aliphatic heterocycles. The van der Waals surface area contributed by atoms with Crippen molar-refractivity contribution in [3.05, 3.63) is 35.9 Å². The van der Waals surface area contributed by atoms with E-state index >= 15 is 0 Å². The third-order valence-electron chi connectivity index (χ3n) is 3.71. The molecule has 2 atom stereocenters. The maximum absolute atomic E-state index is 11.7. The molecule has 1 amide bonds. The largest absolute Gasteiger partial charge is 0.392 e. The Morgan fingerprint density at radius 2 is 2.21 bits per heavy atom. The number of rotatable bonds is 5. The van der Waals surface area contributed by atoms with E-state index in [1.54, 1.807) is 7.05 Å². The number of aliphatic hydroxyl groups excluding tert-OH is 1. The van der Waals surface area contributed by atoms with E-state index in [4.69, 9.17) is 0 Å². The van der Waals surface area contributed by atoms with Crippen molar-refractivity contribution in [2.75, 3.05) is 26.7 Å². The van der Waals surface area contributed by atoms with Crippen LogP contribution in [0.25, 0.3) is 0 Å². The number of hydrogen-bond acceptors (Lipinski definition) is 3. The number of amides is 1. The normalized spacial score (nSPS) is 21.3. The predicted molar refractivity (Wildman–Crippen MR) is 74.9 cm³/mol. The minimum atomic E-state index is -0.212. The summed E-state index contributed by atoms with van der Waals surface area (Å²) >= 11 is 0. The maximum atomic E-state index is 11.7. The minimum Gasteiger partial charge on any atom is -0.392 e. The Labute approximate surface area is 114 Å². The lowest BCUT2D eigenvalue weighted by Gasteiger charge is -2.23. The van der Waals surface area contributed by atoms with Crippen LogP contribution in [-0.2, 0) is 4.79 Å². The van der Waals surface area contributed by atoms with E-state index in [0.717, 1.165) is 26.1 Å². The monoisotopic (exact) mass is 262 g/mol. The zero-order valence-electron chi connectivity index (χ0n) is 11.4. The number of carbonyl (C=O) groups is 1. The molecule has 1 heterocycles. The average molecular weight is 262 g/mol. The van der Waals surface area contributed by atoms with Crippen molar-refractivity contribution in [1.82, 2.24) is 10.2 Å². The molecule has 1 fully saturated rings. The fourth-order valence-corrected chi connectivity index (χ4v) is 2.63. The van der Waals surface area contributed by atoms with Crippen molar-refractivity contribution in [2.45, 2.75) is 24.9 Å². The van der Waals surface area contributed by atoms with E-state index in [9.17, 15) is 9.90 Å². The first kappa shape index (κ1) is 14.0. The molecule has 0 spiro atoms. The second kappa shape index (κ2) is 6.68. The van der Waals surface area contributed by atoms with Crippen molar-refractivity contribution in [2.24, 2.45) is 0 Å². The summed E-state index contributed by atoms with van der Waals surface area (Å²) in [6, 6.07) is 10.1. The van der Waals surface area contributed by atoms with Crippen LogP contribution in [0.2, 0.25) is 0 Å². The summed E-state index contributed by atoms with van der Waals surface area (Å²) in [7, 11) is 1.67. The SMILES string of the molecule is CNC(=O)C[C@H](CN1CC[C@@H](O)C1)c1ccccc1. The van der Waals surface area contributed by atoms with Gasteiger partial charge in [0.25, 0.3) is 0 Å². The zero-order valence-corrected chi connectivity index (χ0v) is 11.4. The third kappa shape index (κ3) is 4.04. The van der Waals surface area contributed by atoms with Gasteiger partial charge in [-0.3, -0.25) is 4.79 Å². The van der Waals surface area contributed by atoms with Crippen molar-refractivity contribution in [3.63, 3.8) is 0 Å². The topological polar surface area (TPSA) is 52.6 Å². The van der Waals surface area contributed by atoms with Crippen LogP contribution in [0.3, 0.4) is 0 Å². The Hall–Kier alpha value is -1.39. The number of likely N-dealkylation sites (tertiary alicyclic amines) is 1. The van der Waals surface area contributed by atoms with E-state index < -0.39 is 0 Å². The molecule has 2 N–H and O–H groups in total. The molecule has 0 saturated carbocycles. The summed E-state index contributed by atoms with van der Waals surface area (Å²) in [5.41, 5.74) is 1.19. The Kier molecular flexibility index (Phi) is 4.93. The number of β-amino-alcohol motifs (C(OH)–C–C–N with tert-alkyl or cyclic N) is 1. The van der Waals surface area contributed by atoms with Crippen LogP contribution in [0.15, 0.2) is 30.3 Å². The van der Waals surface area contributed by atoms with Gasteiger partial charge in [-0.15, -0.1) is 0 Å². The van der Waals surface area contributed by atoms with Crippen LogP contribution in [0, 0.1) is 0 Å². The molecular weight excluding hydrogens is 240 g/mol. The van der Waals surface area contributed by atoms with E-state index in [0.29, 0.717) is 6.42 Å². The van der Waals surface area contributed by atoms with Crippen LogP contribution in [-0.4, -0.2) is 48.7 Å². The number of nitrogens with zero attached hydrogens (tertiary/aromatic N) is 1. The molecular formula is C15H22N2O2. The molecule has 4 heteroatoms. The highest BCUT2D eigenvalue weighted by atomic mass is 16.3. The van der Waals surface area contributed by atoms with Gasteiger partial charge in [0, 0.05) is 39.0 Å². The van der Waals surface area contributed by atoms with Gasteiger partial charge in [-0.2, -0.15) is 0 Å². The lowest BCUT2D eigenvalue weighted by molar-refractivity contribution is -0.121. The highest BCUT2D eigenvalue weighted by Gasteiger charge is 2.24. The van der Waals surface area contributed by atoms with Gasteiger partial charge in [0.2, 0.25) is 5.91 Å². The molecule has 2 rings (SSSR count). The molecule has 19 heavy (non-hydrogen) atoms. The number of aliphatic hydroxyl groups is 1. The Bertz CT molecular complexity index is 408. The molecule has 104 valence electrons. The predicted octanol–water partition coefficient (Wildman–Crippen LogP) is 0.973. The number of benzene rings is 1. The standard InChI is InChI=1S/C15H22N2O2/c1-16-15(19)9-13(12-5-3-2-4-6-12)10-17-8-7-14(18)11-17/h2-6,13-14,18H,7-11H2,1H3,(H,16,19)/t13-,14-/m1/s1. The van der Waals surface area contributed by atoms with Crippen LogP contribution < -0.4 is 5.32 Å². The van der Waals surface area contributed by atoms with Crippen LogP contribution in [0.1, 0.15) is 24.3 Å². The molecule has 1 aromatic carbocycles. The van der Waals surface area contributed by atoms with Gasteiger partial charge < -0.3 is 15.3 Å². The molecule has 0 aromatic heterocycles. The number of nitrogens with one attached hydrogen (secondary N) is 1. The van der Waals surface area contributed by atoms with Crippen LogP contribution >= 0.6 is 0 Å². The van der Waals surface area contributed by atoms with Crippen molar-refractivity contribution >= 4 is 5.91 Å². The van der Waals surface area contributed by atoms with Gasteiger partial charge in [0.05, 0.1) is 6.10 Å². The van der Waals surface area contributed by atoms with Gasteiger partial charge >= 0.3 is 0 Å². The summed E-state index contributed by atoms with van der Waals surface area (Å²) in [4.78, 5) is 13.9. The Morgan fingerprint density at radius 3 is 2.79 bits per heavy atom. The smallest absolute Gasteiger partial charge is 0.220 e. The third-order valence-corrected chi connectivity index (χ3v) is 3.71. The second-order valence-electron chi connectivity index (χ2n) is 5.19. The lowest BCUT2D eigenvalue weighted by atomic mass is 9.95. The molecule has 4 nitrogen and oxygen atoms in total. The Morgan fingerprint density at radius 1 is 1.47 bits per heavy atom. The molecule has 0 bridgehead atoms. The van der Waals surface area contributed by atoms with Gasteiger partial charge in [-0.1, -0.05) is 30.3 Å². The maximum Gasteiger partial charge on any atom is 0.220 e. The highest BCUT2D eigenvalue weighted by molar-refractivity contribution is 5.76. The van der Waals surface area contributed by atoms with Crippen LogP contribution in [0.5, 0.6) is 0 Å². The summed E-state index contributed by atoms with van der Waals surface area (Å²) in [6.07, 6.45) is 1.12. The van der Waals surface area contributed by atoms with Gasteiger partial charge in [0.15, 0.2) is 0 Å². The van der Waals surface area contributed by atoms with E-state index in [-0.39, 0.29) is 17.9 Å². The Balaban J connectivity index is 2.04. The molecule has 0 radical (unpaired) electrons. The molecule has 0 unspecified atom stereocenters. The van der Waals surface area contributed by atoms with Gasteiger partial charge in [-0.05, 0) is 12.0 Å². The fourth-order valence-electron chi connectivity index (χ4n) is 2.63. The first-order valence-corrected chi connectivity index (χ1v) is 6.85. The lowest BCUT2D eigenvalue weighted by Crippen LogP contribution is -2.30. The summed E-state index contributed by atoms with van der Waals surface area (Å²) < 4.78 is 0. The number of carbonyl (C=O) groups excluding carboxylic acids is 1. The summed E-state index contributed by atoms with van der Waals surface area (Å²) in [5.74, 6) is 0.250. The van der Waals surface area contributed by atoms with Crippen molar-refractivity contribution in [3.8, 4) is 0 Å². The fraction of sp³-hybridized carbons (Fsp3) is 0.533. The highest BCUT2D eigenvalue weighted by Crippen LogP contribution is 2.23. The van der Waals surface area contributed by atoms with Gasteiger partial charge in [0.1, 0.15) is 0 Å². The first-order chi connectivity index (χ1) is 9.19. The quantitative estimate of drug-likeness (QED) is 0.831. The second-order valence-corrected chi connectivity index (χ2v) is 5.19. The van der Waals surface area contributed by atoms with E-state index in [1.807, 2.05) is 18.2 Å². The molecule has 1 saturated heterocycles. The van der Waals surface area contributed by atoms with E-state index in [1.165, 1.54) is 5.56 Å². The summed E-state index contributed by atoms with van der Waals surface area (Å²) in [6.45, 7) is 2.46.